The first kappa shape index (κ1) is 9.48. The summed E-state index contributed by atoms with van der Waals surface area (Å²) in [4.78, 5) is 4.13. The lowest BCUT2D eigenvalue weighted by atomic mass is 10.2. The van der Waals surface area contributed by atoms with Gasteiger partial charge >= 0.3 is 0 Å². The zero-order valence-electron chi connectivity index (χ0n) is 8.53. The Morgan fingerprint density at radius 2 is 2.06 bits per heavy atom. The summed E-state index contributed by atoms with van der Waals surface area (Å²) in [6, 6.07) is 9.39. The average molecular weight is 234 g/mol. The van der Waals surface area contributed by atoms with Gasteiger partial charge in [-0.25, -0.2) is 4.98 Å². The van der Waals surface area contributed by atoms with Crippen molar-refractivity contribution in [2.75, 3.05) is 7.11 Å². The van der Waals surface area contributed by atoms with E-state index in [1.54, 1.807) is 13.2 Å². The van der Waals surface area contributed by atoms with Crippen LogP contribution in [0.25, 0.3) is 22.1 Å². The van der Waals surface area contributed by atoms with Gasteiger partial charge in [-0.3, -0.25) is 0 Å². The van der Waals surface area contributed by atoms with Crippen molar-refractivity contribution in [2.45, 2.75) is 0 Å². The molecule has 3 aromatic rings. The Morgan fingerprint density at radius 1 is 1.19 bits per heavy atom. The Balaban J connectivity index is 2.49. The Hall–Kier alpha value is -1.74. The molecule has 0 radical (unpaired) electrons. The van der Waals surface area contributed by atoms with E-state index in [0.29, 0.717) is 22.2 Å². The highest BCUT2D eigenvalue weighted by Crippen LogP contribution is 2.33. The number of halogens is 1. The second kappa shape index (κ2) is 3.39. The van der Waals surface area contributed by atoms with Crippen molar-refractivity contribution >= 4 is 33.7 Å². The van der Waals surface area contributed by atoms with Crippen LogP contribution in [0.5, 0.6) is 5.75 Å². The summed E-state index contributed by atoms with van der Waals surface area (Å²) < 4.78 is 10.9. The van der Waals surface area contributed by atoms with Gasteiger partial charge in [0, 0.05) is 10.8 Å². The molecule has 0 saturated heterocycles. The van der Waals surface area contributed by atoms with Gasteiger partial charge in [-0.2, -0.15) is 0 Å². The normalized spacial score (nSPS) is 11.1. The van der Waals surface area contributed by atoms with E-state index >= 15 is 0 Å². The number of pyridine rings is 1. The lowest BCUT2D eigenvalue weighted by Gasteiger charge is -1.97. The summed E-state index contributed by atoms with van der Waals surface area (Å²) in [6.07, 6.45) is 0. The Morgan fingerprint density at radius 3 is 2.88 bits per heavy atom. The lowest BCUT2D eigenvalue weighted by Crippen LogP contribution is -1.81. The molecule has 0 aliphatic carbocycles. The van der Waals surface area contributed by atoms with Gasteiger partial charge in [0.15, 0.2) is 11.3 Å². The van der Waals surface area contributed by atoms with Crippen LogP contribution in [-0.2, 0) is 0 Å². The van der Waals surface area contributed by atoms with Gasteiger partial charge in [0.2, 0.25) is 5.71 Å². The minimum Gasteiger partial charge on any atom is -0.493 e. The summed E-state index contributed by atoms with van der Waals surface area (Å²) in [7, 11) is 1.61. The van der Waals surface area contributed by atoms with Crippen LogP contribution in [0.2, 0.25) is 5.15 Å². The van der Waals surface area contributed by atoms with E-state index in [1.165, 1.54) is 0 Å². The average Bonchev–Trinajstić information content (AvgIpc) is 2.65. The third kappa shape index (κ3) is 1.25. The molecule has 1 aromatic carbocycles. The predicted octanol–water partition coefficient (Wildman–Crippen LogP) is 3.64. The maximum atomic E-state index is 5.82. The van der Waals surface area contributed by atoms with Crippen molar-refractivity contribution in [3.63, 3.8) is 0 Å². The highest BCUT2D eigenvalue weighted by Gasteiger charge is 2.11. The monoisotopic (exact) mass is 233 g/mol. The molecule has 0 unspecified atom stereocenters. The SMILES string of the molecule is COc1cccc2c1oc1nc(Cl)ccc12. The summed E-state index contributed by atoms with van der Waals surface area (Å²) in [5.74, 6) is 0.701. The Kier molecular flexibility index (Phi) is 2.01. The van der Waals surface area contributed by atoms with Gasteiger partial charge in [-0.1, -0.05) is 23.7 Å². The number of benzene rings is 1. The first-order chi connectivity index (χ1) is 7.79. The summed E-state index contributed by atoms with van der Waals surface area (Å²) in [6.45, 7) is 0. The number of hydrogen-bond acceptors (Lipinski definition) is 3. The summed E-state index contributed by atoms with van der Waals surface area (Å²) in [5.41, 5.74) is 1.24. The van der Waals surface area contributed by atoms with Crippen LogP contribution in [-0.4, -0.2) is 12.1 Å². The van der Waals surface area contributed by atoms with E-state index in [2.05, 4.69) is 4.98 Å². The molecule has 16 heavy (non-hydrogen) atoms. The largest absolute Gasteiger partial charge is 0.493 e. The maximum Gasteiger partial charge on any atom is 0.228 e. The molecule has 0 spiro atoms. The first-order valence-electron chi connectivity index (χ1n) is 4.81. The van der Waals surface area contributed by atoms with E-state index in [-0.39, 0.29) is 0 Å². The fourth-order valence-electron chi connectivity index (χ4n) is 1.79. The molecule has 0 amide bonds. The van der Waals surface area contributed by atoms with E-state index in [9.17, 15) is 0 Å². The Bertz CT molecular complexity index is 675. The highest BCUT2D eigenvalue weighted by molar-refractivity contribution is 6.30. The zero-order valence-corrected chi connectivity index (χ0v) is 9.28. The van der Waals surface area contributed by atoms with Crippen LogP contribution in [0.15, 0.2) is 34.7 Å². The van der Waals surface area contributed by atoms with Gasteiger partial charge in [-0.15, -0.1) is 0 Å². The summed E-state index contributed by atoms with van der Waals surface area (Å²) >= 11 is 5.82. The third-order valence-corrected chi connectivity index (χ3v) is 2.72. The predicted molar refractivity (Wildman–Crippen MR) is 63.1 cm³/mol. The number of furan rings is 1. The lowest BCUT2D eigenvalue weighted by molar-refractivity contribution is 0.411. The quantitative estimate of drug-likeness (QED) is 0.602. The van der Waals surface area contributed by atoms with Gasteiger partial charge in [0.05, 0.1) is 7.11 Å². The molecule has 0 atom stereocenters. The number of methoxy groups -OCH3 is 1. The minimum atomic E-state index is 0.422. The van der Waals surface area contributed by atoms with Crippen LogP contribution < -0.4 is 4.74 Å². The number of rotatable bonds is 1. The molecule has 3 rings (SSSR count). The second-order valence-electron chi connectivity index (χ2n) is 3.43. The Labute approximate surface area is 96.6 Å². The topological polar surface area (TPSA) is 35.3 Å². The van der Waals surface area contributed by atoms with Crippen LogP contribution in [0.1, 0.15) is 0 Å². The van der Waals surface area contributed by atoms with Gasteiger partial charge < -0.3 is 9.15 Å². The van der Waals surface area contributed by atoms with E-state index < -0.39 is 0 Å². The summed E-state index contributed by atoms with van der Waals surface area (Å²) in [5, 5.41) is 2.35. The molecule has 0 N–H and O–H groups in total. The molecular formula is C12H8ClNO2. The van der Waals surface area contributed by atoms with Crippen LogP contribution >= 0.6 is 11.6 Å². The van der Waals surface area contributed by atoms with Crippen molar-refractivity contribution in [3.8, 4) is 5.75 Å². The van der Waals surface area contributed by atoms with Crippen molar-refractivity contribution in [3.05, 3.63) is 35.5 Å². The zero-order chi connectivity index (χ0) is 11.1. The molecule has 2 aromatic heterocycles. The van der Waals surface area contributed by atoms with Crippen molar-refractivity contribution in [1.82, 2.24) is 4.98 Å². The number of ether oxygens (including phenoxy) is 1. The van der Waals surface area contributed by atoms with Gasteiger partial charge in [0.25, 0.3) is 0 Å². The fraction of sp³-hybridized carbons (Fsp3) is 0.0833. The van der Waals surface area contributed by atoms with Gasteiger partial charge in [0.1, 0.15) is 5.15 Å². The first-order valence-corrected chi connectivity index (χ1v) is 5.19. The molecule has 3 nitrogen and oxygen atoms in total. The molecule has 80 valence electrons. The molecular weight excluding hydrogens is 226 g/mol. The molecule has 0 bridgehead atoms. The number of fused-ring (bicyclic) bond motifs is 3. The van der Waals surface area contributed by atoms with E-state index in [4.69, 9.17) is 20.8 Å². The maximum absolute atomic E-state index is 5.82. The van der Waals surface area contributed by atoms with Crippen molar-refractivity contribution in [1.29, 1.82) is 0 Å². The molecule has 2 heterocycles. The van der Waals surface area contributed by atoms with Crippen molar-refractivity contribution in [2.24, 2.45) is 0 Å². The van der Waals surface area contributed by atoms with Gasteiger partial charge in [-0.05, 0) is 18.2 Å². The van der Waals surface area contributed by atoms with Crippen LogP contribution in [0.4, 0.5) is 0 Å². The minimum absolute atomic E-state index is 0.422. The number of aromatic nitrogens is 1. The molecule has 0 saturated carbocycles. The van der Waals surface area contributed by atoms with Crippen LogP contribution in [0.3, 0.4) is 0 Å². The number of hydrogen-bond donors (Lipinski definition) is 0. The number of nitrogens with zero attached hydrogens (tertiary/aromatic N) is 1. The molecule has 4 heteroatoms. The molecule has 0 fully saturated rings. The number of para-hydroxylation sites is 1. The van der Waals surface area contributed by atoms with Crippen LogP contribution in [0, 0.1) is 0 Å². The highest BCUT2D eigenvalue weighted by atomic mass is 35.5. The third-order valence-electron chi connectivity index (χ3n) is 2.51. The second-order valence-corrected chi connectivity index (χ2v) is 3.81. The van der Waals surface area contributed by atoms with Crippen molar-refractivity contribution < 1.29 is 9.15 Å². The van der Waals surface area contributed by atoms with E-state index in [0.717, 1.165) is 10.8 Å². The standard InChI is InChI=1S/C12H8ClNO2/c1-15-9-4-2-3-7-8-5-6-10(13)14-12(8)16-11(7)9/h2-6H,1H3. The fourth-order valence-corrected chi connectivity index (χ4v) is 1.93. The van der Waals surface area contributed by atoms with E-state index in [1.807, 2.05) is 24.3 Å². The molecule has 0 aliphatic rings. The smallest absolute Gasteiger partial charge is 0.228 e. The molecule has 0 aliphatic heterocycles.